The van der Waals surface area contributed by atoms with Crippen molar-refractivity contribution < 1.29 is 24.5 Å². The standard InChI is InChI=1S/C37H32N3O.C18H24NSi.Ir/c1-22(2)29-19-26(25-12-7-6-8-13-25)20-30(23(3)4)35(29)40-33-17-10-9-16-32(33)39-37(40)28-15-11-14-27-31-18-24(5)38-21-34(31)41-36(27)28;1-14(2)11-16-12-17(15-9-7-6-8-10-15)19-13-18(16)20(3,4)5;/h6-14,16-23H,1-5H3;6-9,12-14H,11H2,1-5H3;/q2*-1;. The molecule has 62 heavy (non-hydrogen) atoms. The topological polar surface area (TPSA) is 56.7 Å². The van der Waals surface area contributed by atoms with Gasteiger partial charge in [-0.05, 0) is 94.6 Å². The number of rotatable bonds is 9. The van der Waals surface area contributed by atoms with Gasteiger partial charge in [0.25, 0.3) is 0 Å². The van der Waals surface area contributed by atoms with Crippen molar-refractivity contribution in [3.05, 3.63) is 162 Å². The van der Waals surface area contributed by atoms with Crippen LogP contribution in [0.5, 0.6) is 0 Å². The molecule has 0 saturated carbocycles. The van der Waals surface area contributed by atoms with E-state index >= 15 is 0 Å². The number of pyridine rings is 2. The maximum Gasteiger partial charge on any atom is 0.139 e. The number of nitrogens with zero attached hydrogens (tertiary/aromatic N) is 4. The van der Waals surface area contributed by atoms with Gasteiger partial charge in [0.05, 0.1) is 36.7 Å². The van der Waals surface area contributed by atoms with Crippen molar-refractivity contribution in [2.75, 3.05) is 0 Å². The molecule has 0 fully saturated rings. The Balaban J connectivity index is 0.000000233. The summed E-state index contributed by atoms with van der Waals surface area (Å²) in [4.78, 5) is 14.4. The summed E-state index contributed by atoms with van der Waals surface area (Å²) in [6.45, 7) is 22.8. The molecule has 5 nitrogen and oxygen atoms in total. The third-order valence-corrected chi connectivity index (χ3v) is 13.5. The number of hydrogen-bond donors (Lipinski definition) is 0. The quantitative estimate of drug-likeness (QED) is 0.107. The van der Waals surface area contributed by atoms with Crippen molar-refractivity contribution in [2.24, 2.45) is 5.92 Å². The van der Waals surface area contributed by atoms with Crippen LogP contribution in [0.4, 0.5) is 0 Å². The van der Waals surface area contributed by atoms with Crippen LogP contribution in [0.15, 0.2) is 132 Å². The Morgan fingerprint density at radius 2 is 1.39 bits per heavy atom. The summed E-state index contributed by atoms with van der Waals surface area (Å²) in [5, 5.41) is 3.60. The van der Waals surface area contributed by atoms with Crippen molar-refractivity contribution in [3.63, 3.8) is 0 Å². The van der Waals surface area contributed by atoms with E-state index in [1.54, 1.807) is 0 Å². The number of furan rings is 1. The van der Waals surface area contributed by atoms with Gasteiger partial charge >= 0.3 is 0 Å². The van der Waals surface area contributed by atoms with E-state index in [2.05, 4.69) is 185 Å². The van der Waals surface area contributed by atoms with Crippen LogP contribution in [0, 0.1) is 25.0 Å². The molecule has 1 radical (unpaired) electrons. The molecule has 4 heterocycles. The van der Waals surface area contributed by atoms with Crippen LogP contribution in [-0.2, 0) is 26.5 Å². The van der Waals surface area contributed by atoms with Crippen molar-refractivity contribution in [3.8, 4) is 39.5 Å². The van der Waals surface area contributed by atoms with E-state index in [1.165, 1.54) is 38.7 Å². The summed E-state index contributed by atoms with van der Waals surface area (Å²) in [6.07, 6.45) is 5.05. The maximum atomic E-state index is 6.47. The molecule has 7 heteroatoms. The zero-order chi connectivity index (χ0) is 43.0. The van der Waals surface area contributed by atoms with Gasteiger partial charge in [0.1, 0.15) is 5.58 Å². The van der Waals surface area contributed by atoms with E-state index in [1.807, 2.05) is 37.4 Å². The molecule has 9 aromatic rings. The van der Waals surface area contributed by atoms with Gasteiger partial charge in [0, 0.05) is 43.1 Å². The summed E-state index contributed by atoms with van der Waals surface area (Å²) in [5.74, 6) is 2.08. The molecule has 0 amide bonds. The van der Waals surface area contributed by atoms with Crippen LogP contribution in [0.2, 0.25) is 19.6 Å². The van der Waals surface area contributed by atoms with Gasteiger partial charge in [-0.3, -0.25) is 9.97 Å². The van der Waals surface area contributed by atoms with Crippen LogP contribution in [0.25, 0.3) is 72.4 Å². The second kappa shape index (κ2) is 18.5. The number of aryl methyl sites for hydroxylation is 1. The van der Waals surface area contributed by atoms with Gasteiger partial charge in [-0.2, -0.15) is 0 Å². The zero-order valence-corrected chi connectivity index (χ0v) is 41.0. The molecule has 0 unspecified atom stereocenters. The second-order valence-corrected chi connectivity index (χ2v) is 23.3. The summed E-state index contributed by atoms with van der Waals surface area (Å²) in [6, 6.07) is 47.0. The van der Waals surface area contributed by atoms with E-state index in [0.29, 0.717) is 17.8 Å². The van der Waals surface area contributed by atoms with Gasteiger partial charge in [-0.25, -0.2) is 0 Å². The van der Waals surface area contributed by atoms with Crippen molar-refractivity contribution in [1.29, 1.82) is 0 Å². The largest absolute Gasteiger partial charge is 0.499 e. The van der Waals surface area contributed by atoms with E-state index in [9.17, 15) is 0 Å². The summed E-state index contributed by atoms with van der Waals surface area (Å²) < 4.78 is 8.81. The molecule has 0 N–H and O–H groups in total. The molecule has 0 aliphatic heterocycles. The SMILES string of the molecule is CC(C)Cc1cc(-c2[c-]cccc2)ncc1[Si](C)(C)C.Cc1cc2c(cn1)oc1c(-c3nc4ccccc4n3-c3c(C(C)C)cc(-c4ccccc4)cc3C(C)C)[c-]ccc12.[Ir]. The minimum atomic E-state index is -1.34. The Hall–Kier alpha value is -5.46. The molecule has 0 atom stereocenters. The first-order valence-corrected chi connectivity index (χ1v) is 25.2. The fourth-order valence-electron chi connectivity index (χ4n) is 8.43. The first-order valence-electron chi connectivity index (χ1n) is 21.7. The second-order valence-electron chi connectivity index (χ2n) is 18.3. The number of imidazole rings is 1. The van der Waals surface area contributed by atoms with E-state index in [0.717, 1.165) is 67.7 Å². The molecule has 0 spiro atoms. The van der Waals surface area contributed by atoms with Gasteiger partial charge in [0.15, 0.2) is 0 Å². The fourth-order valence-corrected chi connectivity index (χ4v) is 10.0. The Kier molecular flexibility index (Phi) is 13.3. The number of fused-ring (bicyclic) bond motifs is 4. The third-order valence-electron chi connectivity index (χ3n) is 11.4. The molecule has 0 bridgehead atoms. The average molecular weight is 1010 g/mol. The van der Waals surface area contributed by atoms with Gasteiger partial charge < -0.3 is 14.0 Å². The smallest absolute Gasteiger partial charge is 0.139 e. The number of benzene rings is 5. The molecule has 4 aromatic heterocycles. The molecular weight excluding hydrogens is 953 g/mol. The monoisotopic (exact) mass is 1010 g/mol. The van der Waals surface area contributed by atoms with Gasteiger partial charge in [0.2, 0.25) is 0 Å². The van der Waals surface area contributed by atoms with Crippen molar-refractivity contribution >= 4 is 46.2 Å². The first-order chi connectivity index (χ1) is 29.3. The van der Waals surface area contributed by atoms with Crippen LogP contribution < -0.4 is 5.19 Å². The molecule has 0 saturated heterocycles. The van der Waals surface area contributed by atoms with E-state index in [4.69, 9.17) is 9.40 Å². The van der Waals surface area contributed by atoms with Crippen LogP contribution in [0.1, 0.15) is 75.8 Å². The van der Waals surface area contributed by atoms with Crippen LogP contribution in [0.3, 0.4) is 0 Å². The minimum Gasteiger partial charge on any atom is -0.499 e. The van der Waals surface area contributed by atoms with E-state index in [-0.39, 0.29) is 20.1 Å². The predicted octanol–water partition coefficient (Wildman–Crippen LogP) is 14.3. The summed E-state index contributed by atoms with van der Waals surface area (Å²) in [7, 11) is -1.34. The van der Waals surface area contributed by atoms with Crippen molar-refractivity contribution in [1.82, 2.24) is 19.5 Å². The summed E-state index contributed by atoms with van der Waals surface area (Å²) in [5.41, 5.74) is 15.2. The number of hydrogen-bond acceptors (Lipinski definition) is 4. The summed E-state index contributed by atoms with van der Waals surface area (Å²) >= 11 is 0. The van der Waals surface area contributed by atoms with Crippen LogP contribution in [-0.4, -0.2) is 27.6 Å². The Morgan fingerprint density at radius 3 is 2.05 bits per heavy atom. The average Bonchev–Trinajstić information content (AvgIpc) is 3.82. The van der Waals surface area contributed by atoms with Gasteiger partial charge in [-0.15, -0.1) is 54.1 Å². The fraction of sp³-hybridized carbons (Fsp3) is 0.255. The zero-order valence-electron chi connectivity index (χ0n) is 37.6. The predicted molar refractivity (Wildman–Crippen MR) is 259 cm³/mol. The Bertz CT molecular complexity index is 2950. The number of para-hydroxylation sites is 2. The molecule has 0 aliphatic rings. The molecule has 317 valence electrons. The van der Waals surface area contributed by atoms with Gasteiger partial charge in [-0.1, -0.05) is 126 Å². The van der Waals surface area contributed by atoms with Crippen molar-refractivity contribution in [2.45, 2.75) is 86.4 Å². The Morgan fingerprint density at radius 1 is 0.694 bits per heavy atom. The van der Waals surface area contributed by atoms with E-state index < -0.39 is 8.07 Å². The normalized spacial score (nSPS) is 11.8. The molecule has 0 aliphatic carbocycles. The Labute approximate surface area is 382 Å². The van der Waals surface area contributed by atoms with Crippen LogP contribution >= 0.6 is 0 Å². The third kappa shape index (κ3) is 9.03. The molecular formula is C55H56IrN4OSi-2. The molecule has 5 aromatic carbocycles. The first kappa shape index (κ1) is 44.6. The number of aromatic nitrogens is 4. The molecule has 9 rings (SSSR count). The maximum absolute atomic E-state index is 6.47. The minimum absolute atomic E-state index is 0.